The zero-order valence-corrected chi connectivity index (χ0v) is 29.5. The number of halogens is 1. The zero-order chi connectivity index (χ0) is 35.5. The number of dihydropyridines is 1. The zero-order valence-electron chi connectivity index (χ0n) is 28.8. The molecule has 1 aliphatic heterocycles. The molecule has 0 fully saturated rings. The first-order valence-corrected chi connectivity index (χ1v) is 16.9. The topological polar surface area (TPSA) is 99.0 Å². The smallest absolute Gasteiger partial charge is 0.191 e. The first kappa shape index (κ1) is 36.2. The third kappa shape index (κ3) is 8.93. The molecule has 0 spiro atoms. The van der Waals surface area contributed by atoms with E-state index in [0.29, 0.717) is 60.1 Å². The highest BCUT2D eigenvalue weighted by molar-refractivity contribution is 6.31. The third-order valence-corrected chi connectivity index (χ3v) is 8.68. The molecule has 0 bridgehead atoms. The van der Waals surface area contributed by atoms with Crippen LogP contribution in [0.4, 0.5) is 0 Å². The molecule has 4 aromatic carbocycles. The molecule has 0 atom stereocenters. The minimum Gasteiger partial charge on any atom is -0.489 e. The lowest BCUT2D eigenvalue weighted by molar-refractivity contribution is -0.152. The highest BCUT2D eigenvalue weighted by Crippen LogP contribution is 2.37. The second kappa shape index (κ2) is 17.5. The molecule has 9 heteroatoms. The van der Waals surface area contributed by atoms with Gasteiger partial charge in [-0.1, -0.05) is 54.1 Å². The molecule has 1 aliphatic rings. The molecule has 8 nitrogen and oxygen atoms in total. The normalized spacial score (nSPS) is 12.4. The number of hydrogen-bond donors (Lipinski definition) is 1. The van der Waals surface area contributed by atoms with Crippen LogP contribution in [0.1, 0.15) is 40.9 Å². The summed E-state index contributed by atoms with van der Waals surface area (Å²) >= 11 is 6.58. The van der Waals surface area contributed by atoms with E-state index in [9.17, 15) is 10.1 Å². The van der Waals surface area contributed by atoms with E-state index in [1.54, 1.807) is 24.4 Å². The van der Waals surface area contributed by atoms with Crippen LogP contribution in [-0.2, 0) is 16.1 Å². The van der Waals surface area contributed by atoms with Gasteiger partial charge in [0.2, 0.25) is 0 Å². The lowest BCUT2D eigenvalue weighted by Gasteiger charge is -2.18. The Morgan fingerprint density at radius 3 is 2.24 bits per heavy atom. The molecular weight excluding hydrogens is 652 g/mol. The van der Waals surface area contributed by atoms with E-state index >= 15 is 0 Å². The van der Waals surface area contributed by atoms with Crippen LogP contribution in [-0.4, -0.2) is 45.5 Å². The van der Waals surface area contributed by atoms with Gasteiger partial charge in [0.1, 0.15) is 37.1 Å². The molecule has 0 radical (unpaired) electrons. The molecule has 258 valence electrons. The number of nitriles is 1. The summed E-state index contributed by atoms with van der Waals surface area (Å²) in [5.41, 5.74) is 8.91. The Labute approximate surface area is 298 Å². The van der Waals surface area contributed by atoms with E-state index in [0.717, 1.165) is 50.5 Å². The predicted octanol–water partition coefficient (Wildman–Crippen LogP) is 8.78. The van der Waals surface area contributed by atoms with Crippen molar-refractivity contribution in [3.05, 3.63) is 123 Å². The average molecular weight is 693 g/mol. The fourth-order valence-electron chi connectivity index (χ4n) is 5.73. The van der Waals surface area contributed by atoms with Crippen LogP contribution in [0.5, 0.6) is 17.2 Å². The average Bonchev–Trinajstić information content (AvgIpc) is 3.14. The molecule has 0 unspecified atom stereocenters. The maximum Gasteiger partial charge on any atom is 0.191 e. The van der Waals surface area contributed by atoms with Crippen LogP contribution in [0.25, 0.3) is 22.3 Å². The molecule has 1 N–H and O–H groups in total. The van der Waals surface area contributed by atoms with E-state index in [4.69, 9.17) is 35.3 Å². The van der Waals surface area contributed by atoms with Gasteiger partial charge in [-0.15, -0.1) is 0 Å². The van der Waals surface area contributed by atoms with Crippen LogP contribution in [0, 0.1) is 25.2 Å². The summed E-state index contributed by atoms with van der Waals surface area (Å²) in [6, 6.07) is 25.8. The second-order valence-corrected chi connectivity index (χ2v) is 12.0. The molecule has 0 aliphatic carbocycles. The van der Waals surface area contributed by atoms with Gasteiger partial charge in [-0.05, 0) is 97.5 Å². The first-order valence-electron chi connectivity index (χ1n) is 16.6. The highest BCUT2D eigenvalue weighted by Gasteiger charge is 2.16. The van der Waals surface area contributed by atoms with Crippen LogP contribution in [0.2, 0.25) is 5.02 Å². The van der Waals surface area contributed by atoms with Crippen molar-refractivity contribution >= 4 is 17.9 Å². The van der Waals surface area contributed by atoms with Crippen LogP contribution in [0.3, 0.4) is 0 Å². The molecule has 0 saturated carbocycles. The van der Waals surface area contributed by atoms with E-state index in [1.165, 1.54) is 0 Å². The van der Waals surface area contributed by atoms with Gasteiger partial charge in [-0.3, -0.25) is 4.79 Å². The fourth-order valence-corrected chi connectivity index (χ4v) is 5.96. The van der Waals surface area contributed by atoms with Crippen LogP contribution in [0.15, 0.2) is 96.2 Å². The summed E-state index contributed by atoms with van der Waals surface area (Å²) in [7, 11) is 0. The summed E-state index contributed by atoms with van der Waals surface area (Å²) < 4.78 is 29.4. The Bertz CT molecular complexity index is 1910. The van der Waals surface area contributed by atoms with Crippen molar-refractivity contribution in [3.63, 3.8) is 0 Å². The van der Waals surface area contributed by atoms with Gasteiger partial charge >= 0.3 is 0 Å². The number of carbonyl (C=O) groups excluding carboxylic acids is 1. The quantitative estimate of drug-likeness (QED) is 0.0919. The highest BCUT2D eigenvalue weighted by atomic mass is 35.5. The number of aldehydes is 1. The lowest BCUT2D eigenvalue weighted by atomic mass is 9.90. The van der Waals surface area contributed by atoms with Gasteiger partial charge in [0.15, 0.2) is 12.6 Å². The summed E-state index contributed by atoms with van der Waals surface area (Å²) in [5.74, 6) is 1.86. The van der Waals surface area contributed by atoms with Crippen molar-refractivity contribution < 1.29 is 28.5 Å². The summed E-state index contributed by atoms with van der Waals surface area (Å²) in [6.07, 6.45) is 3.89. The molecule has 4 aromatic rings. The molecule has 0 saturated heterocycles. The standard InChI is InChI=1S/C41H41ClN2O6/c1-5-46-41(47-6-2)26-48-34-15-13-31(14-16-34)35-9-7-10-36(27(35)3)37-11-8-12-39(28(37)4)50-25-33-19-40(32(23-45)18-38(33)42)49-24-30-17-29(20-43)21-44-22-30/h7-19,22-23,41,44H,5-6,21,24-26H2,1-4H3. The molecule has 0 amide bonds. The minimum atomic E-state index is -0.400. The van der Waals surface area contributed by atoms with Crippen molar-refractivity contribution in [2.24, 2.45) is 0 Å². The molecular formula is C41H41ClN2O6. The first-order chi connectivity index (χ1) is 24.3. The van der Waals surface area contributed by atoms with Crippen molar-refractivity contribution in [1.29, 1.82) is 5.26 Å². The number of benzene rings is 4. The Balaban J connectivity index is 1.31. The van der Waals surface area contributed by atoms with E-state index in [1.807, 2.05) is 45.0 Å². The van der Waals surface area contributed by atoms with Gasteiger partial charge < -0.3 is 29.0 Å². The van der Waals surface area contributed by atoms with Gasteiger partial charge in [-0.2, -0.15) is 5.26 Å². The lowest BCUT2D eigenvalue weighted by Crippen LogP contribution is -2.25. The number of rotatable bonds is 16. The largest absolute Gasteiger partial charge is 0.489 e. The van der Waals surface area contributed by atoms with Gasteiger partial charge in [-0.25, -0.2) is 0 Å². The van der Waals surface area contributed by atoms with E-state index in [2.05, 4.69) is 54.7 Å². The van der Waals surface area contributed by atoms with Crippen LogP contribution < -0.4 is 19.5 Å². The Morgan fingerprint density at radius 1 is 0.860 bits per heavy atom. The van der Waals surface area contributed by atoms with Crippen molar-refractivity contribution in [2.75, 3.05) is 33.0 Å². The fraction of sp³-hybridized carbons (Fsp3) is 0.268. The van der Waals surface area contributed by atoms with Gasteiger partial charge in [0, 0.05) is 47.7 Å². The number of nitrogens with zero attached hydrogens (tertiary/aromatic N) is 1. The molecule has 1 heterocycles. The minimum absolute atomic E-state index is 0.171. The molecule has 50 heavy (non-hydrogen) atoms. The van der Waals surface area contributed by atoms with E-state index in [-0.39, 0.29) is 13.2 Å². The number of hydrogen-bond acceptors (Lipinski definition) is 8. The SMILES string of the molecule is CCOC(COc1ccc(-c2cccc(-c3cccc(OCc4cc(OCC5=CNCC(C#N)=C5)c(C=O)cc4Cl)c3C)c2C)cc1)OCC. The molecule has 5 rings (SSSR count). The number of carbonyl (C=O) groups is 1. The maximum atomic E-state index is 11.8. The van der Waals surface area contributed by atoms with Crippen molar-refractivity contribution in [2.45, 2.75) is 40.6 Å². The van der Waals surface area contributed by atoms with Gasteiger partial charge in [0.05, 0.1) is 11.6 Å². The second-order valence-electron chi connectivity index (χ2n) is 11.6. The predicted molar refractivity (Wildman–Crippen MR) is 196 cm³/mol. The summed E-state index contributed by atoms with van der Waals surface area (Å²) in [6.45, 7) is 10.3. The van der Waals surface area contributed by atoms with Crippen molar-refractivity contribution in [1.82, 2.24) is 5.32 Å². The van der Waals surface area contributed by atoms with Crippen molar-refractivity contribution in [3.8, 4) is 45.6 Å². The van der Waals surface area contributed by atoms with E-state index < -0.39 is 6.29 Å². The maximum absolute atomic E-state index is 11.8. The van der Waals surface area contributed by atoms with Gasteiger partial charge in [0.25, 0.3) is 0 Å². The Morgan fingerprint density at radius 2 is 1.54 bits per heavy atom. The summed E-state index contributed by atoms with van der Waals surface area (Å²) in [4.78, 5) is 11.8. The number of ether oxygens (including phenoxy) is 5. The molecule has 0 aromatic heterocycles. The summed E-state index contributed by atoms with van der Waals surface area (Å²) in [5, 5.41) is 12.7. The third-order valence-electron chi connectivity index (χ3n) is 8.33. The van der Waals surface area contributed by atoms with Crippen LogP contribution >= 0.6 is 11.6 Å². The monoisotopic (exact) mass is 692 g/mol. The number of nitrogens with one attached hydrogen (secondary N) is 1. The Kier molecular flexibility index (Phi) is 12.7. The Hall–Kier alpha value is -5.07.